The molecule has 24 heavy (non-hydrogen) atoms. The number of fused-ring (bicyclic) bond motifs is 3. The number of alkyl halides is 3. The molecule has 0 aromatic heterocycles. The van der Waals surface area contributed by atoms with Gasteiger partial charge in [0.1, 0.15) is 0 Å². The number of hydrogen-bond donors (Lipinski definition) is 1. The van der Waals surface area contributed by atoms with Crippen LogP contribution in [0, 0.1) is 0 Å². The fourth-order valence-corrected chi connectivity index (χ4v) is 4.29. The van der Waals surface area contributed by atoms with E-state index in [4.69, 9.17) is 0 Å². The second-order valence-corrected chi connectivity index (χ2v) is 7.50. The van der Waals surface area contributed by atoms with Crippen LogP contribution in [0.4, 0.5) is 18.9 Å². The van der Waals surface area contributed by atoms with Crippen LogP contribution in [0.1, 0.15) is 15.9 Å². The van der Waals surface area contributed by atoms with Gasteiger partial charge in [-0.05, 0) is 61.2 Å². The fraction of sp³-hybridized carbons (Fsp3) is 0.0667. The molecular weight excluding hydrogens is 523 g/mol. The maximum Gasteiger partial charge on any atom is 0.471 e. The quantitative estimate of drug-likeness (QED) is 0.442. The molecule has 0 spiro atoms. The number of amides is 1. The zero-order valence-corrected chi connectivity index (χ0v) is 16.2. The number of carbonyl (C=O) groups is 2. The molecule has 0 unspecified atom stereocenters. The van der Waals surface area contributed by atoms with Crippen LogP contribution in [0.5, 0.6) is 0 Å². The Morgan fingerprint density at radius 3 is 2.29 bits per heavy atom. The Morgan fingerprint density at radius 1 is 1.00 bits per heavy atom. The molecule has 0 saturated heterocycles. The minimum atomic E-state index is -5.03. The maximum atomic E-state index is 12.6. The normalized spacial score (nSPS) is 12.8. The third kappa shape index (κ3) is 2.82. The molecule has 3 nitrogen and oxygen atoms in total. The first-order valence-electron chi connectivity index (χ1n) is 6.36. The van der Waals surface area contributed by atoms with Gasteiger partial charge in [-0.15, -0.1) is 0 Å². The zero-order chi connectivity index (χ0) is 17.8. The molecule has 0 atom stereocenters. The molecular formula is C15H5Br3F3NO2. The van der Waals surface area contributed by atoms with E-state index in [0.717, 1.165) is 0 Å². The van der Waals surface area contributed by atoms with Crippen molar-refractivity contribution in [3.63, 3.8) is 0 Å². The molecule has 2 aromatic rings. The average Bonchev–Trinajstić information content (AvgIpc) is 2.74. The minimum Gasteiger partial charge on any atom is -0.316 e. The van der Waals surface area contributed by atoms with Crippen molar-refractivity contribution in [3.05, 3.63) is 48.8 Å². The van der Waals surface area contributed by atoms with Crippen LogP contribution in [-0.4, -0.2) is 17.9 Å². The maximum absolute atomic E-state index is 12.6. The summed E-state index contributed by atoms with van der Waals surface area (Å²) in [6.07, 6.45) is -5.03. The minimum absolute atomic E-state index is 0.0989. The summed E-state index contributed by atoms with van der Waals surface area (Å²) in [5, 5.41) is 1.79. The molecule has 0 aliphatic heterocycles. The van der Waals surface area contributed by atoms with Crippen LogP contribution in [0.25, 0.3) is 11.1 Å². The SMILES string of the molecule is O=C1c2cc(Br)ccc2-c2cc(Br)c(NC(=O)C(F)(F)F)c(Br)c21. The first-order valence-corrected chi connectivity index (χ1v) is 8.74. The lowest BCUT2D eigenvalue weighted by atomic mass is 10.1. The highest BCUT2D eigenvalue weighted by Gasteiger charge is 2.40. The molecule has 2 aromatic carbocycles. The lowest BCUT2D eigenvalue weighted by molar-refractivity contribution is -0.167. The number of rotatable bonds is 1. The summed E-state index contributed by atoms with van der Waals surface area (Å²) in [5.41, 5.74) is 1.76. The highest BCUT2D eigenvalue weighted by Crippen LogP contribution is 2.47. The van der Waals surface area contributed by atoms with Crippen molar-refractivity contribution in [2.75, 3.05) is 5.32 Å². The molecule has 0 saturated carbocycles. The number of anilines is 1. The molecule has 1 aliphatic carbocycles. The van der Waals surface area contributed by atoms with Gasteiger partial charge in [-0.3, -0.25) is 9.59 Å². The summed E-state index contributed by atoms with van der Waals surface area (Å²) in [5.74, 6) is -2.45. The van der Waals surface area contributed by atoms with Gasteiger partial charge in [0, 0.05) is 20.1 Å². The monoisotopic (exact) mass is 525 g/mol. The summed E-state index contributed by atoms with van der Waals surface area (Å²) in [4.78, 5) is 23.8. The predicted molar refractivity (Wildman–Crippen MR) is 93.1 cm³/mol. The van der Waals surface area contributed by atoms with Gasteiger partial charge < -0.3 is 5.32 Å². The second kappa shape index (κ2) is 5.96. The van der Waals surface area contributed by atoms with Crippen LogP contribution in [0.15, 0.2) is 37.7 Å². The highest BCUT2D eigenvalue weighted by atomic mass is 79.9. The summed E-state index contributed by atoms with van der Waals surface area (Å²) in [6, 6.07) is 6.67. The van der Waals surface area contributed by atoms with Crippen molar-refractivity contribution in [2.45, 2.75) is 6.18 Å². The number of nitrogens with one attached hydrogen (secondary N) is 1. The van der Waals surface area contributed by atoms with Crippen molar-refractivity contribution < 1.29 is 22.8 Å². The standard InChI is InChI=1S/C15H5Br3F3NO2/c16-5-1-2-6-7-4-9(17)12(22-14(24)15(19,20)21)11(18)10(7)13(23)8(6)3-5/h1-4H,(H,22,24). The number of hydrogen-bond acceptors (Lipinski definition) is 2. The van der Waals surface area contributed by atoms with Crippen LogP contribution >= 0.6 is 47.8 Å². The van der Waals surface area contributed by atoms with Gasteiger partial charge in [-0.25, -0.2) is 0 Å². The summed E-state index contributed by atoms with van der Waals surface area (Å²) >= 11 is 9.59. The Balaban J connectivity index is 2.16. The van der Waals surface area contributed by atoms with E-state index in [-0.39, 0.29) is 26.0 Å². The van der Waals surface area contributed by atoms with E-state index >= 15 is 0 Å². The third-order valence-corrected chi connectivity index (χ3v) is 5.37. The van der Waals surface area contributed by atoms with Crippen LogP contribution in [0.2, 0.25) is 0 Å². The lowest BCUT2D eigenvalue weighted by Crippen LogP contribution is -2.30. The number of benzene rings is 2. The van der Waals surface area contributed by atoms with E-state index < -0.39 is 12.1 Å². The third-order valence-electron chi connectivity index (χ3n) is 3.46. The van der Waals surface area contributed by atoms with Gasteiger partial charge in [0.05, 0.1) is 10.2 Å². The van der Waals surface area contributed by atoms with Crippen molar-refractivity contribution >= 4 is 65.2 Å². The van der Waals surface area contributed by atoms with Crippen molar-refractivity contribution in [1.29, 1.82) is 0 Å². The lowest BCUT2D eigenvalue weighted by Gasteiger charge is -2.14. The second-order valence-electron chi connectivity index (χ2n) is 4.94. The van der Waals surface area contributed by atoms with Gasteiger partial charge in [0.15, 0.2) is 5.78 Å². The van der Waals surface area contributed by atoms with Gasteiger partial charge in [0.2, 0.25) is 0 Å². The predicted octanol–water partition coefficient (Wildman–Crippen LogP) is 5.69. The van der Waals surface area contributed by atoms with Gasteiger partial charge in [-0.2, -0.15) is 13.2 Å². The molecule has 0 fully saturated rings. The number of ketones is 1. The average molecular weight is 528 g/mol. The summed E-state index contributed by atoms with van der Waals surface area (Å²) < 4.78 is 38.5. The first kappa shape index (κ1) is 17.6. The van der Waals surface area contributed by atoms with Crippen LogP contribution < -0.4 is 5.32 Å². The van der Waals surface area contributed by atoms with E-state index in [0.29, 0.717) is 21.2 Å². The van der Waals surface area contributed by atoms with Gasteiger partial charge >= 0.3 is 12.1 Å². The smallest absolute Gasteiger partial charge is 0.316 e. The van der Waals surface area contributed by atoms with E-state index in [1.165, 1.54) is 6.07 Å². The topological polar surface area (TPSA) is 46.2 Å². The summed E-state index contributed by atoms with van der Waals surface area (Å²) in [6.45, 7) is 0. The number of carbonyl (C=O) groups excluding carboxylic acids is 2. The van der Waals surface area contributed by atoms with E-state index in [2.05, 4.69) is 47.8 Å². The molecule has 1 N–H and O–H groups in total. The van der Waals surface area contributed by atoms with Gasteiger partial charge in [-0.1, -0.05) is 22.0 Å². The Hall–Kier alpha value is -1.19. The van der Waals surface area contributed by atoms with Crippen LogP contribution in [-0.2, 0) is 4.79 Å². The Kier molecular flexibility index (Phi) is 4.38. The summed E-state index contributed by atoms with van der Waals surface area (Å²) in [7, 11) is 0. The molecule has 1 aliphatic rings. The number of halogens is 6. The van der Waals surface area contributed by atoms with E-state index in [1.807, 2.05) is 0 Å². The highest BCUT2D eigenvalue weighted by molar-refractivity contribution is 9.11. The van der Waals surface area contributed by atoms with Crippen molar-refractivity contribution in [2.24, 2.45) is 0 Å². The molecule has 1 amide bonds. The van der Waals surface area contributed by atoms with Crippen LogP contribution in [0.3, 0.4) is 0 Å². The van der Waals surface area contributed by atoms with Crippen molar-refractivity contribution in [1.82, 2.24) is 0 Å². The largest absolute Gasteiger partial charge is 0.471 e. The Bertz CT molecular complexity index is 910. The van der Waals surface area contributed by atoms with E-state index in [1.54, 1.807) is 23.5 Å². The molecule has 9 heteroatoms. The Morgan fingerprint density at radius 2 is 1.67 bits per heavy atom. The Labute approximate surface area is 159 Å². The fourth-order valence-electron chi connectivity index (χ4n) is 2.43. The molecule has 124 valence electrons. The molecule has 0 bridgehead atoms. The molecule has 3 rings (SSSR count). The van der Waals surface area contributed by atoms with E-state index in [9.17, 15) is 22.8 Å². The van der Waals surface area contributed by atoms with Gasteiger partial charge in [0.25, 0.3) is 0 Å². The first-order chi connectivity index (χ1) is 11.1. The zero-order valence-electron chi connectivity index (χ0n) is 11.4. The van der Waals surface area contributed by atoms with Crippen molar-refractivity contribution in [3.8, 4) is 11.1 Å². The molecule has 0 heterocycles. The molecule has 0 radical (unpaired) electrons.